The zero-order valence-electron chi connectivity index (χ0n) is 15.9. The van der Waals surface area contributed by atoms with E-state index in [2.05, 4.69) is 12.2 Å². The van der Waals surface area contributed by atoms with Gasteiger partial charge in [-0.25, -0.2) is 9.69 Å². The van der Waals surface area contributed by atoms with Gasteiger partial charge in [0.2, 0.25) is 5.91 Å². The lowest BCUT2D eigenvalue weighted by molar-refractivity contribution is -0.137. The monoisotopic (exact) mass is 379 g/mol. The molecule has 146 valence electrons. The fourth-order valence-electron chi connectivity index (χ4n) is 5.33. The maximum atomic E-state index is 12.9. The fraction of sp³-hybridized carbons (Fsp3) is 0.500. The highest BCUT2D eigenvalue weighted by atomic mass is 16.2. The zero-order chi connectivity index (χ0) is 19.3. The Kier molecular flexibility index (Phi) is 4.22. The van der Waals surface area contributed by atoms with E-state index in [9.17, 15) is 14.4 Å². The van der Waals surface area contributed by atoms with Crippen LogP contribution in [0.15, 0.2) is 42.5 Å². The SMILES string of the molecule is O=C(C1CC2C=CC1C2)N1CCC(N2CC(=O)N(c3ccccc3)C2=O)CC1. The number of carbonyl (C=O) groups is 3. The molecule has 2 aliphatic carbocycles. The van der Waals surface area contributed by atoms with Gasteiger partial charge in [0.05, 0.1) is 5.69 Å². The molecule has 1 aromatic rings. The molecule has 3 fully saturated rings. The van der Waals surface area contributed by atoms with Crippen LogP contribution in [0, 0.1) is 17.8 Å². The Balaban J connectivity index is 1.21. The summed E-state index contributed by atoms with van der Waals surface area (Å²) in [6, 6.07) is 8.87. The molecule has 0 radical (unpaired) electrons. The van der Waals surface area contributed by atoms with Gasteiger partial charge in [-0.15, -0.1) is 0 Å². The number of piperidine rings is 1. The first-order valence-electron chi connectivity index (χ1n) is 10.3. The average Bonchev–Trinajstić information content (AvgIpc) is 3.43. The van der Waals surface area contributed by atoms with E-state index < -0.39 is 0 Å². The van der Waals surface area contributed by atoms with Crippen molar-refractivity contribution in [1.29, 1.82) is 0 Å². The van der Waals surface area contributed by atoms with E-state index in [0.717, 1.165) is 25.7 Å². The van der Waals surface area contributed by atoms with E-state index in [4.69, 9.17) is 0 Å². The maximum Gasteiger partial charge on any atom is 0.332 e. The number of allylic oxidation sites excluding steroid dienone is 2. The first kappa shape index (κ1) is 17.5. The molecule has 2 bridgehead atoms. The first-order chi connectivity index (χ1) is 13.6. The Morgan fingerprint density at radius 2 is 1.71 bits per heavy atom. The first-order valence-corrected chi connectivity index (χ1v) is 10.3. The van der Waals surface area contributed by atoms with Gasteiger partial charge >= 0.3 is 6.03 Å². The van der Waals surface area contributed by atoms with Crippen LogP contribution >= 0.6 is 0 Å². The van der Waals surface area contributed by atoms with Gasteiger partial charge in [-0.1, -0.05) is 30.4 Å². The third-order valence-electron chi connectivity index (χ3n) is 6.82. The number of rotatable bonds is 3. The van der Waals surface area contributed by atoms with Crippen molar-refractivity contribution in [3.05, 3.63) is 42.5 Å². The summed E-state index contributed by atoms with van der Waals surface area (Å²) in [7, 11) is 0. The van der Waals surface area contributed by atoms with Crippen LogP contribution < -0.4 is 4.90 Å². The second-order valence-corrected chi connectivity index (χ2v) is 8.42. The molecule has 0 N–H and O–H groups in total. The van der Waals surface area contributed by atoms with Gasteiger partial charge in [-0.05, 0) is 49.7 Å². The largest absolute Gasteiger partial charge is 0.342 e. The Morgan fingerprint density at radius 1 is 0.964 bits per heavy atom. The highest BCUT2D eigenvalue weighted by molar-refractivity contribution is 6.19. The minimum atomic E-state index is -0.237. The van der Waals surface area contributed by atoms with Gasteiger partial charge in [0.15, 0.2) is 0 Å². The van der Waals surface area contributed by atoms with E-state index in [1.165, 1.54) is 4.90 Å². The molecule has 2 saturated heterocycles. The number of likely N-dealkylation sites (tertiary alicyclic amines) is 1. The Hall–Kier alpha value is -2.63. The number of urea groups is 1. The van der Waals surface area contributed by atoms with E-state index in [1.807, 2.05) is 23.1 Å². The molecule has 5 rings (SSSR count). The normalized spacial score (nSPS) is 30.0. The summed E-state index contributed by atoms with van der Waals surface area (Å²) in [5.41, 5.74) is 0.622. The molecule has 0 spiro atoms. The van der Waals surface area contributed by atoms with Crippen molar-refractivity contribution >= 4 is 23.5 Å². The van der Waals surface area contributed by atoms with E-state index in [0.29, 0.717) is 30.6 Å². The lowest BCUT2D eigenvalue weighted by Gasteiger charge is -2.37. The Morgan fingerprint density at radius 3 is 2.36 bits per heavy atom. The standard InChI is InChI=1S/C22H25N3O3/c26-20-14-24(22(28)25(20)18-4-2-1-3-5-18)17-8-10-23(11-9-17)21(27)19-13-15-6-7-16(19)12-15/h1-7,15-17,19H,8-14H2. The Labute approximate surface area is 164 Å². The number of imide groups is 1. The summed E-state index contributed by atoms with van der Waals surface area (Å²) in [6.07, 6.45) is 8.08. The van der Waals surface area contributed by atoms with Crippen molar-refractivity contribution in [2.24, 2.45) is 17.8 Å². The van der Waals surface area contributed by atoms with Gasteiger partial charge in [0.1, 0.15) is 6.54 Å². The number of fused-ring (bicyclic) bond motifs is 2. The van der Waals surface area contributed by atoms with E-state index in [-0.39, 0.29) is 36.3 Å². The topological polar surface area (TPSA) is 60.9 Å². The van der Waals surface area contributed by atoms with Crippen LogP contribution in [-0.2, 0) is 9.59 Å². The van der Waals surface area contributed by atoms with Crippen molar-refractivity contribution in [2.75, 3.05) is 24.5 Å². The van der Waals surface area contributed by atoms with Gasteiger partial charge in [-0.3, -0.25) is 9.59 Å². The Bertz CT molecular complexity index is 829. The van der Waals surface area contributed by atoms with E-state index >= 15 is 0 Å². The predicted octanol–water partition coefficient (Wildman–Crippen LogP) is 2.66. The third kappa shape index (κ3) is 2.82. The van der Waals surface area contributed by atoms with Crippen LogP contribution in [0.5, 0.6) is 0 Å². The quantitative estimate of drug-likeness (QED) is 0.599. The van der Waals surface area contributed by atoms with Gasteiger partial charge in [-0.2, -0.15) is 0 Å². The molecule has 3 unspecified atom stereocenters. The molecule has 28 heavy (non-hydrogen) atoms. The molecular weight excluding hydrogens is 354 g/mol. The highest BCUT2D eigenvalue weighted by Crippen LogP contribution is 2.44. The van der Waals surface area contributed by atoms with Crippen LogP contribution in [0.25, 0.3) is 0 Å². The van der Waals surface area contributed by atoms with E-state index in [1.54, 1.807) is 17.0 Å². The van der Waals surface area contributed by atoms with Crippen molar-refractivity contribution in [1.82, 2.24) is 9.80 Å². The van der Waals surface area contributed by atoms with Crippen molar-refractivity contribution in [3.63, 3.8) is 0 Å². The molecule has 2 heterocycles. The second kappa shape index (κ2) is 6.76. The minimum Gasteiger partial charge on any atom is -0.342 e. The summed E-state index contributed by atoms with van der Waals surface area (Å²) >= 11 is 0. The van der Waals surface area contributed by atoms with Crippen LogP contribution in [-0.4, -0.2) is 53.3 Å². The molecule has 1 aromatic carbocycles. The number of amides is 4. The van der Waals surface area contributed by atoms with Crippen molar-refractivity contribution in [3.8, 4) is 0 Å². The molecule has 6 heteroatoms. The summed E-state index contributed by atoms with van der Waals surface area (Å²) < 4.78 is 0. The molecule has 4 aliphatic rings. The summed E-state index contributed by atoms with van der Waals surface area (Å²) in [5, 5.41) is 0. The fourth-order valence-corrected chi connectivity index (χ4v) is 5.33. The summed E-state index contributed by atoms with van der Waals surface area (Å²) in [6.45, 7) is 1.47. The summed E-state index contributed by atoms with van der Waals surface area (Å²) in [5.74, 6) is 1.27. The lowest BCUT2D eigenvalue weighted by atomic mass is 9.91. The van der Waals surface area contributed by atoms with Crippen LogP contribution in [0.1, 0.15) is 25.7 Å². The van der Waals surface area contributed by atoms with Crippen LogP contribution in [0.2, 0.25) is 0 Å². The second-order valence-electron chi connectivity index (χ2n) is 8.42. The minimum absolute atomic E-state index is 0.0223. The van der Waals surface area contributed by atoms with Gasteiger partial charge in [0, 0.05) is 25.0 Å². The maximum absolute atomic E-state index is 12.9. The molecule has 1 saturated carbocycles. The number of nitrogens with zero attached hydrogens (tertiary/aromatic N) is 3. The molecule has 2 aliphatic heterocycles. The molecule has 0 aromatic heterocycles. The number of hydrogen-bond donors (Lipinski definition) is 0. The molecule has 6 nitrogen and oxygen atoms in total. The lowest BCUT2D eigenvalue weighted by Crippen LogP contribution is -2.49. The third-order valence-corrected chi connectivity index (χ3v) is 6.82. The van der Waals surface area contributed by atoms with Crippen molar-refractivity contribution < 1.29 is 14.4 Å². The number of anilines is 1. The van der Waals surface area contributed by atoms with Crippen LogP contribution in [0.3, 0.4) is 0 Å². The highest BCUT2D eigenvalue weighted by Gasteiger charge is 2.44. The number of hydrogen-bond acceptors (Lipinski definition) is 3. The van der Waals surface area contributed by atoms with Crippen LogP contribution in [0.4, 0.5) is 10.5 Å². The van der Waals surface area contributed by atoms with Gasteiger partial charge in [0.25, 0.3) is 5.91 Å². The smallest absolute Gasteiger partial charge is 0.332 e. The number of carbonyl (C=O) groups excluding carboxylic acids is 3. The number of para-hydroxylation sites is 1. The molecule has 4 amide bonds. The van der Waals surface area contributed by atoms with Gasteiger partial charge < -0.3 is 9.80 Å². The number of benzene rings is 1. The molecule has 3 atom stereocenters. The van der Waals surface area contributed by atoms with Crippen molar-refractivity contribution in [2.45, 2.75) is 31.7 Å². The summed E-state index contributed by atoms with van der Waals surface area (Å²) in [4.78, 5) is 43.2. The predicted molar refractivity (Wildman–Crippen MR) is 104 cm³/mol. The average molecular weight is 379 g/mol. The zero-order valence-corrected chi connectivity index (χ0v) is 15.9. The molecular formula is C22H25N3O3.